The van der Waals surface area contributed by atoms with Gasteiger partial charge in [-0.15, -0.1) is 11.3 Å². The van der Waals surface area contributed by atoms with E-state index in [1.54, 1.807) is 17.7 Å². The summed E-state index contributed by atoms with van der Waals surface area (Å²) in [5.41, 5.74) is 0. The summed E-state index contributed by atoms with van der Waals surface area (Å²) in [7, 11) is -2.04. The Morgan fingerprint density at radius 3 is 2.95 bits per heavy atom. The fraction of sp³-hybridized carbons (Fsp3) is 0.583. The summed E-state index contributed by atoms with van der Waals surface area (Å²) in [6.07, 6.45) is 1.71. The van der Waals surface area contributed by atoms with Gasteiger partial charge in [0, 0.05) is 38.4 Å². The van der Waals surface area contributed by atoms with Gasteiger partial charge in [0.2, 0.25) is 0 Å². The third-order valence-electron chi connectivity index (χ3n) is 2.89. The lowest BCUT2D eigenvalue weighted by Crippen LogP contribution is -2.31. The second-order valence-corrected chi connectivity index (χ2v) is 7.32. The van der Waals surface area contributed by atoms with Crippen LogP contribution in [-0.2, 0) is 14.8 Å². The third-order valence-corrected chi connectivity index (χ3v) is 5.09. The molecule has 2 heterocycles. The molecule has 0 radical (unpaired) electrons. The van der Waals surface area contributed by atoms with E-state index in [1.165, 1.54) is 11.3 Å². The molecule has 0 fully saturated rings. The number of nitrogens with zero attached hydrogens (tertiary/aromatic N) is 2. The van der Waals surface area contributed by atoms with Gasteiger partial charge < -0.3 is 10.1 Å². The molecule has 2 rings (SSSR count). The first-order valence-electron chi connectivity index (χ1n) is 6.67. The van der Waals surface area contributed by atoms with E-state index < -0.39 is 10.0 Å². The molecule has 9 heteroatoms. The minimum Gasteiger partial charge on any atom is -0.384 e. The maximum atomic E-state index is 12.6. The number of nitrogens with one attached hydrogen (secondary N) is 2. The van der Waals surface area contributed by atoms with E-state index in [-0.39, 0.29) is 10.9 Å². The van der Waals surface area contributed by atoms with Crippen molar-refractivity contribution >= 4 is 32.1 Å². The predicted octanol–water partition coefficient (Wildman–Crippen LogP) is 1.39. The Morgan fingerprint density at radius 2 is 2.29 bits per heavy atom. The maximum Gasteiger partial charge on any atom is 0.260 e. The van der Waals surface area contributed by atoms with Crippen molar-refractivity contribution < 1.29 is 13.2 Å². The molecule has 1 atom stereocenters. The van der Waals surface area contributed by atoms with Crippen molar-refractivity contribution in [2.45, 2.75) is 18.9 Å². The number of rotatable bonds is 8. The predicted molar refractivity (Wildman–Crippen MR) is 83.5 cm³/mol. The molecule has 2 aromatic heterocycles. The van der Waals surface area contributed by atoms with Crippen LogP contribution in [0, 0.1) is 5.92 Å². The van der Waals surface area contributed by atoms with Crippen LogP contribution in [0.4, 0.5) is 5.82 Å². The van der Waals surface area contributed by atoms with Crippen LogP contribution in [0.2, 0.25) is 0 Å². The second kappa shape index (κ2) is 6.73. The molecule has 0 aliphatic carbocycles. The number of hydrogen-bond acceptors (Lipinski definition) is 6. The number of methoxy groups -OCH3 is 1. The molecule has 0 amide bonds. The molecule has 2 aromatic rings. The van der Waals surface area contributed by atoms with E-state index in [9.17, 15) is 8.42 Å². The lowest BCUT2D eigenvalue weighted by molar-refractivity contribution is 0.161. The van der Waals surface area contributed by atoms with Crippen LogP contribution in [0.5, 0.6) is 0 Å². The maximum absolute atomic E-state index is 12.6. The number of imidazole rings is 1. The summed E-state index contributed by atoms with van der Waals surface area (Å²) in [5.74, 6) is 0.481. The van der Waals surface area contributed by atoms with E-state index in [0.29, 0.717) is 30.5 Å². The summed E-state index contributed by atoms with van der Waals surface area (Å²) in [5, 5.41) is 4.97. The number of ether oxygens (including phenoxy) is 1. The summed E-state index contributed by atoms with van der Waals surface area (Å²) < 4.78 is 34.4. The highest BCUT2D eigenvalue weighted by molar-refractivity contribution is 7.89. The topological polar surface area (TPSA) is 84.7 Å². The normalized spacial score (nSPS) is 13.7. The lowest BCUT2D eigenvalue weighted by atomic mass is 10.2. The SMILES string of the molecule is CCNc1nc2sccn2c1S(=O)(=O)NCC(C)COC. The zero-order chi connectivity index (χ0) is 15.5. The monoisotopic (exact) mass is 332 g/mol. The molecule has 0 aliphatic rings. The van der Waals surface area contributed by atoms with Crippen molar-refractivity contribution in [1.82, 2.24) is 14.1 Å². The number of hydrogen-bond donors (Lipinski definition) is 2. The van der Waals surface area contributed by atoms with Crippen molar-refractivity contribution in [3.8, 4) is 0 Å². The first kappa shape index (κ1) is 16.2. The van der Waals surface area contributed by atoms with Crippen molar-refractivity contribution in [1.29, 1.82) is 0 Å². The summed E-state index contributed by atoms with van der Waals surface area (Å²) in [6, 6.07) is 0. The molecule has 0 bridgehead atoms. The number of fused-ring (bicyclic) bond motifs is 1. The highest BCUT2D eigenvalue weighted by atomic mass is 32.2. The summed E-state index contributed by atoms with van der Waals surface area (Å²) in [6.45, 7) is 5.25. The van der Waals surface area contributed by atoms with Gasteiger partial charge in [0.1, 0.15) is 0 Å². The molecule has 0 spiro atoms. The van der Waals surface area contributed by atoms with Crippen molar-refractivity contribution in [2.75, 3.05) is 32.1 Å². The van der Waals surface area contributed by atoms with Gasteiger partial charge in [-0.25, -0.2) is 18.1 Å². The molecule has 0 saturated heterocycles. The largest absolute Gasteiger partial charge is 0.384 e. The van der Waals surface area contributed by atoms with Crippen LogP contribution in [0.15, 0.2) is 16.6 Å². The Balaban J connectivity index is 2.29. The molecular weight excluding hydrogens is 312 g/mol. The lowest BCUT2D eigenvalue weighted by Gasteiger charge is -2.12. The van der Waals surface area contributed by atoms with Crippen LogP contribution >= 0.6 is 11.3 Å². The molecule has 0 aromatic carbocycles. The van der Waals surface area contributed by atoms with E-state index >= 15 is 0 Å². The van der Waals surface area contributed by atoms with Gasteiger partial charge in [0.05, 0.1) is 0 Å². The van der Waals surface area contributed by atoms with Crippen LogP contribution in [-0.4, -0.2) is 44.6 Å². The highest BCUT2D eigenvalue weighted by Crippen LogP contribution is 2.25. The zero-order valence-corrected chi connectivity index (χ0v) is 13.9. The summed E-state index contributed by atoms with van der Waals surface area (Å²) in [4.78, 5) is 4.97. The third kappa shape index (κ3) is 3.54. The van der Waals surface area contributed by atoms with Crippen LogP contribution in [0.3, 0.4) is 0 Å². The van der Waals surface area contributed by atoms with E-state index in [0.717, 1.165) is 0 Å². The second-order valence-electron chi connectivity index (χ2n) is 4.76. The average Bonchev–Trinajstić information content (AvgIpc) is 2.97. The van der Waals surface area contributed by atoms with Gasteiger partial charge in [-0.3, -0.25) is 4.40 Å². The van der Waals surface area contributed by atoms with Gasteiger partial charge >= 0.3 is 0 Å². The van der Waals surface area contributed by atoms with Gasteiger partial charge in [0.25, 0.3) is 10.0 Å². The molecule has 7 nitrogen and oxygen atoms in total. The number of sulfonamides is 1. The van der Waals surface area contributed by atoms with Gasteiger partial charge in [0.15, 0.2) is 15.8 Å². The van der Waals surface area contributed by atoms with E-state index in [1.807, 2.05) is 19.2 Å². The Hall–Kier alpha value is -1.16. The molecular formula is C12H20N4O3S2. The highest BCUT2D eigenvalue weighted by Gasteiger charge is 2.25. The Kier molecular flexibility index (Phi) is 5.20. The molecule has 21 heavy (non-hydrogen) atoms. The van der Waals surface area contributed by atoms with Crippen LogP contribution in [0.25, 0.3) is 4.96 Å². The summed E-state index contributed by atoms with van der Waals surface area (Å²) >= 11 is 1.40. The quantitative estimate of drug-likeness (QED) is 0.763. The number of aromatic nitrogens is 2. The van der Waals surface area contributed by atoms with E-state index in [4.69, 9.17) is 4.74 Å². The van der Waals surface area contributed by atoms with Crippen LogP contribution in [0.1, 0.15) is 13.8 Å². The van der Waals surface area contributed by atoms with E-state index in [2.05, 4.69) is 15.0 Å². The van der Waals surface area contributed by atoms with Crippen LogP contribution < -0.4 is 10.0 Å². The molecule has 0 aliphatic heterocycles. The molecule has 1 unspecified atom stereocenters. The van der Waals surface area contributed by atoms with Crippen molar-refractivity contribution in [2.24, 2.45) is 5.92 Å². The smallest absolute Gasteiger partial charge is 0.260 e. The molecule has 2 N–H and O–H groups in total. The number of thiazole rings is 1. The van der Waals surface area contributed by atoms with Gasteiger partial charge in [-0.2, -0.15) is 0 Å². The standard InChI is InChI=1S/C12H20N4O3S2/c1-4-13-10-11(16-5-6-20-12(16)15-10)21(17,18)14-7-9(2)8-19-3/h5-6,9,13-14H,4,7-8H2,1-3H3. The zero-order valence-electron chi connectivity index (χ0n) is 12.3. The first-order chi connectivity index (χ1) is 9.99. The Labute approximate surface area is 128 Å². The van der Waals surface area contributed by atoms with Crippen molar-refractivity contribution in [3.63, 3.8) is 0 Å². The first-order valence-corrected chi connectivity index (χ1v) is 9.04. The fourth-order valence-corrected chi connectivity index (χ4v) is 4.16. The minimum atomic E-state index is -3.64. The average molecular weight is 332 g/mol. The molecule has 0 saturated carbocycles. The van der Waals surface area contributed by atoms with Crippen molar-refractivity contribution in [3.05, 3.63) is 11.6 Å². The Bertz CT molecular complexity index is 692. The fourth-order valence-electron chi connectivity index (χ4n) is 1.97. The minimum absolute atomic E-state index is 0.0956. The van der Waals surface area contributed by atoms with Gasteiger partial charge in [-0.1, -0.05) is 6.92 Å². The molecule has 118 valence electrons. The number of anilines is 1. The Morgan fingerprint density at radius 1 is 1.52 bits per heavy atom. The van der Waals surface area contributed by atoms with Gasteiger partial charge in [-0.05, 0) is 12.8 Å².